The fraction of sp³-hybridized carbons (Fsp3) is 0.478. The van der Waals surface area contributed by atoms with Crippen LogP contribution in [0.3, 0.4) is 0 Å². The van der Waals surface area contributed by atoms with Crippen LogP contribution in [0.4, 0.5) is 10.2 Å². The summed E-state index contributed by atoms with van der Waals surface area (Å²) in [4.78, 5) is 38.0. The standard InChI is InChI=1S/C23H28ClFN4O5/c1-14(4-6-16-7-5-15-3-2-9-27-21(15)28-16)13-29(19(8-10-30)22(31)32)34-23(33)20-17(24)11-26-12-18(20)25/h5,7,11-12,14,19,30H,2-4,6,8-10,13H2,1H3,(H,27,28)(H,31,32)/t14-,19+/m0/s1. The Labute approximate surface area is 201 Å². The van der Waals surface area contributed by atoms with Gasteiger partial charge in [-0.3, -0.25) is 9.78 Å². The van der Waals surface area contributed by atoms with Crippen molar-refractivity contribution in [2.75, 3.05) is 25.0 Å². The summed E-state index contributed by atoms with van der Waals surface area (Å²) in [5.41, 5.74) is 1.56. The van der Waals surface area contributed by atoms with E-state index in [2.05, 4.69) is 21.4 Å². The number of anilines is 1. The van der Waals surface area contributed by atoms with E-state index in [9.17, 15) is 24.2 Å². The summed E-state index contributed by atoms with van der Waals surface area (Å²) in [7, 11) is 0. The number of hydrogen-bond acceptors (Lipinski definition) is 8. The first kappa shape index (κ1) is 25.8. The zero-order valence-electron chi connectivity index (χ0n) is 18.8. The number of fused-ring (bicyclic) bond motifs is 1. The first-order valence-corrected chi connectivity index (χ1v) is 11.5. The molecule has 2 aromatic heterocycles. The number of carboxylic acids is 1. The number of halogens is 2. The Morgan fingerprint density at radius 1 is 1.32 bits per heavy atom. The van der Waals surface area contributed by atoms with Gasteiger partial charge in [0.2, 0.25) is 0 Å². The summed E-state index contributed by atoms with van der Waals surface area (Å²) in [6.07, 6.45) is 5.08. The number of aryl methyl sites for hydroxylation is 2. The molecule has 3 rings (SSSR count). The molecule has 9 nitrogen and oxygen atoms in total. The molecule has 1 aliphatic rings. The predicted octanol–water partition coefficient (Wildman–Crippen LogP) is 3.11. The molecule has 1 aliphatic heterocycles. The van der Waals surface area contributed by atoms with E-state index in [0.717, 1.165) is 48.4 Å². The molecule has 0 saturated heterocycles. The highest BCUT2D eigenvalue weighted by atomic mass is 35.5. The Bertz CT molecular complexity index is 1000. The fourth-order valence-electron chi connectivity index (χ4n) is 3.80. The van der Waals surface area contributed by atoms with Crippen molar-refractivity contribution >= 4 is 29.4 Å². The zero-order chi connectivity index (χ0) is 24.7. The van der Waals surface area contributed by atoms with Crippen LogP contribution in [0.2, 0.25) is 5.02 Å². The van der Waals surface area contributed by atoms with Crippen molar-refractivity contribution in [1.82, 2.24) is 15.0 Å². The minimum atomic E-state index is -1.31. The summed E-state index contributed by atoms with van der Waals surface area (Å²) in [6, 6.07) is 2.74. The highest BCUT2D eigenvalue weighted by molar-refractivity contribution is 6.33. The quantitative estimate of drug-likeness (QED) is 0.404. The molecule has 0 unspecified atom stereocenters. The molecule has 34 heavy (non-hydrogen) atoms. The van der Waals surface area contributed by atoms with Gasteiger partial charge in [-0.1, -0.05) is 24.6 Å². The molecule has 0 radical (unpaired) electrons. The lowest BCUT2D eigenvalue weighted by Crippen LogP contribution is -2.45. The van der Waals surface area contributed by atoms with Crippen molar-refractivity contribution in [3.63, 3.8) is 0 Å². The summed E-state index contributed by atoms with van der Waals surface area (Å²) >= 11 is 5.89. The topological polar surface area (TPSA) is 125 Å². The van der Waals surface area contributed by atoms with E-state index < -0.39 is 36.0 Å². The van der Waals surface area contributed by atoms with Gasteiger partial charge in [0.25, 0.3) is 0 Å². The van der Waals surface area contributed by atoms with E-state index in [-0.39, 0.29) is 23.9 Å². The van der Waals surface area contributed by atoms with Gasteiger partial charge >= 0.3 is 11.9 Å². The van der Waals surface area contributed by atoms with Crippen LogP contribution in [0, 0.1) is 11.7 Å². The third kappa shape index (κ3) is 6.62. The van der Waals surface area contributed by atoms with Gasteiger partial charge in [-0.25, -0.2) is 14.2 Å². The molecule has 0 spiro atoms. The van der Waals surface area contributed by atoms with Crippen LogP contribution in [-0.4, -0.2) is 62.9 Å². The van der Waals surface area contributed by atoms with Crippen LogP contribution in [-0.2, 0) is 22.5 Å². The Kier molecular flexibility index (Phi) is 9.14. The Balaban J connectivity index is 1.70. The highest BCUT2D eigenvalue weighted by Crippen LogP contribution is 2.23. The molecule has 3 heterocycles. The summed E-state index contributed by atoms with van der Waals surface area (Å²) in [6.45, 7) is 2.39. The molecule has 3 N–H and O–H groups in total. The Morgan fingerprint density at radius 2 is 2.12 bits per heavy atom. The van der Waals surface area contributed by atoms with Gasteiger partial charge < -0.3 is 20.4 Å². The average molecular weight is 495 g/mol. The number of aliphatic hydroxyl groups excluding tert-OH is 1. The minimum absolute atomic E-state index is 0.0518. The van der Waals surface area contributed by atoms with E-state index in [1.807, 2.05) is 13.0 Å². The SMILES string of the molecule is C[C@@H](CCc1ccc2c(n1)NCCC2)CN(OC(=O)c1c(F)cncc1Cl)[C@H](CCO)C(=O)O. The molecule has 184 valence electrons. The smallest absolute Gasteiger partial charge is 0.361 e. The summed E-state index contributed by atoms with van der Waals surface area (Å²) in [5.74, 6) is -2.61. The maximum Gasteiger partial charge on any atom is 0.361 e. The molecule has 0 aromatic carbocycles. The molecule has 11 heteroatoms. The minimum Gasteiger partial charge on any atom is -0.480 e. The van der Waals surface area contributed by atoms with Crippen molar-refractivity contribution in [1.29, 1.82) is 0 Å². The third-order valence-electron chi connectivity index (χ3n) is 5.63. The maximum atomic E-state index is 14.1. The first-order valence-electron chi connectivity index (χ1n) is 11.1. The van der Waals surface area contributed by atoms with Crippen LogP contribution in [0.25, 0.3) is 0 Å². The van der Waals surface area contributed by atoms with Crippen LogP contribution in [0.15, 0.2) is 24.5 Å². The van der Waals surface area contributed by atoms with E-state index in [4.69, 9.17) is 16.4 Å². The largest absolute Gasteiger partial charge is 0.480 e. The number of nitrogens with zero attached hydrogens (tertiary/aromatic N) is 3. The van der Waals surface area contributed by atoms with Gasteiger partial charge in [-0.15, -0.1) is 5.06 Å². The number of hydrogen-bond donors (Lipinski definition) is 3. The van der Waals surface area contributed by atoms with Crippen LogP contribution >= 0.6 is 11.6 Å². The van der Waals surface area contributed by atoms with Crippen LogP contribution < -0.4 is 5.32 Å². The third-order valence-corrected chi connectivity index (χ3v) is 5.92. The second kappa shape index (κ2) is 12.0. The molecule has 0 saturated carbocycles. The van der Waals surface area contributed by atoms with Crippen molar-refractivity contribution in [2.45, 2.75) is 45.1 Å². The van der Waals surface area contributed by atoms with Gasteiger partial charge in [0.1, 0.15) is 17.4 Å². The van der Waals surface area contributed by atoms with Crippen molar-refractivity contribution < 1.29 is 29.0 Å². The number of carbonyl (C=O) groups is 2. The first-order chi connectivity index (χ1) is 16.3. The molecule has 0 amide bonds. The molecule has 0 bridgehead atoms. The number of aromatic nitrogens is 2. The monoisotopic (exact) mass is 494 g/mol. The number of aliphatic carboxylic acids is 1. The number of rotatable bonds is 11. The number of pyridine rings is 2. The molecule has 0 aliphatic carbocycles. The van der Waals surface area contributed by atoms with Gasteiger partial charge in [0, 0.05) is 31.6 Å². The second-order valence-electron chi connectivity index (χ2n) is 8.31. The lowest BCUT2D eigenvalue weighted by Gasteiger charge is -2.29. The van der Waals surface area contributed by atoms with E-state index in [1.54, 1.807) is 0 Å². The van der Waals surface area contributed by atoms with Crippen LogP contribution in [0.1, 0.15) is 47.8 Å². The van der Waals surface area contributed by atoms with Gasteiger partial charge in [-0.2, -0.15) is 0 Å². The number of carboxylic acid groups (broad SMARTS) is 1. The fourth-order valence-corrected chi connectivity index (χ4v) is 4.02. The number of nitrogens with one attached hydrogen (secondary N) is 1. The molecule has 2 atom stereocenters. The number of carbonyl (C=O) groups excluding carboxylic acids is 1. The van der Waals surface area contributed by atoms with Crippen molar-refractivity contribution in [2.24, 2.45) is 5.92 Å². The molecule has 2 aromatic rings. The average Bonchev–Trinajstić information content (AvgIpc) is 2.80. The van der Waals surface area contributed by atoms with Gasteiger partial charge in [-0.05, 0) is 49.7 Å². The number of aliphatic hydroxyl groups is 1. The molecular weight excluding hydrogens is 467 g/mol. The summed E-state index contributed by atoms with van der Waals surface area (Å²) in [5, 5.41) is 23.0. The van der Waals surface area contributed by atoms with E-state index in [1.165, 1.54) is 5.56 Å². The van der Waals surface area contributed by atoms with Gasteiger partial charge in [0.05, 0.1) is 11.2 Å². The highest BCUT2D eigenvalue weighted by Gasteiger charge is 2.31. The molecule has 0 fully saturated rings. The predicted molar refractivity (Wildman–Crippen MR) is 123 cm³/mol. The molecular formula is C23H28ClFN4O5. The Hall–Kier alpha value is -2.82. The second-order valence-corrected chi connectivity index (χ2v) is 8.71. The zero-order valence-corrected chi connectivity index (χ0v) is 19.6. The van der Waals surface area contributed by atoms with E-state index >= 15 is 0 Å². The lowest BCUT2D eigenvalue weighted by atomic mass is 10.0. The van der Waals surface area contributed by atoms with Crippen molar-refractivity contribution in [3.05, 3.63) is 52.2 Å². The number of hydroxylamine groups is 2. The summed E-state index contributed by atoms with van der Waals surface area (Å²) < 4.78 is 14.1. The van der Waals surface area contributed by atoms with Gasteiger partial charge in [0.15, 0.2) is 5.82 Å². The van der Waals surface area contributed by atoms with Crippen LogP contribution in [0.5, 0.6) is 0 Å². The van der Waals surface area contributed by atoms with E-state index in [0.29, 0.717) is 12.8 Å². The maximum absolute atomic E-state index is 14.1. The normalized spacial score (nSPS) is 14.7. The Morgan fingerprint density at radius 3 is 2.82 bits per heavy atom. The van der Waals surface area contributed by atoms with Crippen molar-refractivity contribution in [3.8, 4) is 0 Å². The lowest BCUT2D eigenvalue weighted by molar-refractivity contribution is -0.176.